The molecule has 90 valence electrons. The molecule has 0 aliphatic carbocycles. The number of benzene rings is 1. The second-order valence-corrected chi connectivity index (χ2v) is 3.98. The van der Waals surface area contributed by atoms with Crippen LogP contribution in [0.1, 0.15) is 25.3 Å². The summed E-state index contributed by atoms with van der Waals surface area (Å²) in [6, 6.07) is 7.37. The first-order valence-corrected chi connectivity index (χ1v) is 5.88. The van der Waals surface area contributed by atoms with Gasteiger partial charge in [0.25, 0.3) is 0 Å². The van der Waals surface area contributed by atoms with E-state index in [1.54, 1.807) is 6.07 Å². The van der Waals surface area contributed by atoms with Crippen LogP contribution in [0.5, 0.6) is 5.75 Å². The van der Waals surface area contributed by atoms with Gasteiger partial charge in [0.2, 0.25) is 0 Å². The number of aromatic hydroxyl groups is 1. The fraction of sp³-hybridized carbons (Fsp3) is 0.538. The van der Waals surface area contributed by atoms with Crippen molar-refractivity contribution in [3.05, 3.63) is 29.8 Å². The second kappa shape index (κ2) is 7.25. The third kappa shape index (κ3) is 4.21. The summed E-state index contributed by atoms with van der Waals surface area (Å²) in [7, 11) is 0. The van der Waals surface area contributed by atoms with Crippen LogP contribution < -0.4 is 0 Å². The highest BCUT2D eigenvalue weighted by atomic mass is 16.3. The van der Waals surface area contributed by atoms with Gasteiger partial charge in [-0.15, -0.1) is 0 Å². The Labute approximate surface area is 97.3 Å². The van der Waals surface area contributed by atoms with Gasteiger partial charge < -0.3 is 10.2 Å². The number of aliphatic hydroxyl groups is 1. The lowest BCUT2D eigenvalue weighted by atomic mass is 10.2. The molecular formula is C13H21NO2. The number of hydrogen-bond acceptors (Lipinski definition) is 3. The molecule has 0 aliphatic heterocycles. The molecule has 1 rings (SSSR count). The lowest BCUT2D eigenvalue weighted by molar-refractivity contribution is 0.187. The first-order chi connectivity index (χ1) is 7.77. The number of rotatable bonds is 7. The summed E-state index contributed by atoms with van der Waals surface area (Å²) in [6.45, 7) is 4.64. The van der Waals surface area contributed by atoms with Crippen molar-refractivity contribution in [1.29, 1.82) is 0 Å². The number of phenols is 1. The SMILES string of the molecule is CCCCN(CCO)Cc1ccccc1O. The summed E-state index contributed by atoms with van der Waals surface area (Å²) in [4.78, 5) is 2.17. The van der Waals surface area contributed by atoms with E-state index >= 15 is 0 Å². The molecule has 1 aromatic rings. The molecule has 0 heterocycles. The van der Waals surface area contributed by atoms with Gasteiger partial charge in [-0.1, -0.05) is 31.5 Å². The van der Waals surface area contributed by atoms with Crippen LogP contribution in [-0.4, -0.2) is 34.8 Å². The summed E-state index contributed by atoms with van der Waals surface area (Å²) in [6.07, 6.45) is 2.26. The minimum absolute atomic E-state index is 0.164. The molecule has 3 heteroatoms. The van der Waals surface area contributed by atoms with Crippen molar-refractivity contribution in [3.8, 4) is 5.75 Å². The van der Waals surface area contributed by atoms with Crippen molar-refractivity contribution in [3.63, 3.8) is 0 Å². The molecule has 0 aliphatic rings. The molecule has 0 atom stereocenters. The number of hydrogen-bond donors (Lipinski definition) is 2. The van der Waals surface area contributed by atoms with Crippen molar-refractivity contribution in [2.45, 2.75) is 26.3 Å². The standard InChI is InChI=1S/C13H21NO2/c1-2-3-8-14(9-10-15)11-12-6-4-5-7-13(12)16/h4-7,15-16H,2-3,8-11H2,1H3. The van der Waals surface area contributed by atoms with Crippen molar-refractivity contribution in [2.75, 3.05) is 19.7 Å². The Bertz CT molecular complexity index is 302. The summed E-state index contributed by atoms with van der Waals surface area (Å²) >= 11 is 0. The Kier molecular flexibility index (Phi) is 5.90. The van der Waals surface area contributed by atoms with E-state index in [2.05, 4.69) is 11.8 Å². The molecule has 0 unspecified atom stereocenters. The topological polar surface area (TPSA) is 43.7 Å². The minimum Gasteiger partial charge on any atom is -0.508 e. The molecule has 0 radical (unpaired) electrons. The molecule has 0 amide bonds. The van der Waals surface area contributed by atoms with Crippen LogP contribution >= 0.6 is 0 Å². The number of para-hydroxylation sites is 1. The van der Waals surface area contributed by atoms with E-state index in [0.717, 1.165) is 24.9 Å². The predicted molar refractivity (Wildman–Crippen MR) is 65.4 cm³/mol. The number of phenolic OH excluding ortho intramolecular Hbond substituents is 1. The maximum absolute atomic E-state index is 9.66. The van der Waals surface area contributed by atoms with Gasteiger partial charge in [-0.05, 0) is 19.0 Å². The first-order valence-electron chi connectivity index (χ1n) is 5.88. The van der Waals surface area contributed by atoms with Crippen molar-refractivity contribution < 1.29 is 10.2 Å². The molecule has 0 fully saturated rings. The van der Waals surface area contributed by atoms with Gasteiger partial charge in [0, 0.05) is 18.7 Å². The van der Waals surface area contributed by atoms with Gasteiger partial charge in [0.15, 0.2) is 0 Å². The van der Waals surface area contributed by atoms with E-state index in [-0.39, 0.29) is 6.61 Å². The highest BCUT2D eigenvalue weighted by Gasteiger charge is 2.07. The third-order valence-corrected chi connectivity index (χ3v) is 2.63. The Morgan fingerprint density at radius 3 is 2.56 bits per heavy atom. The van der Waals surface area contributed by atoms with E-state index in [1.807, 2.05) is 18.2 Å². The molecule has 0 spiro atoms. The highest BCUT2D eigenvalue weighted by Crippen LogP contribution is 2.17. The zero-order valence-corrected chi connectivity index (χ0v) is 9.89. The van der Waals surface area contributed by atoms with Gasteiger partial charge >= 0.3 is 0 Å². The smallest absolute Gasteiger partial charge is 0.120 e. The largest absolute Gasteiger partial charge is 0.508 e. The fourth-order valence-corrected chi connectivity index (χ4v) is 1.68. The fourth-order valence-electron chi connectivity index (χ4n) is 1.68. The summed E-state index contributed by atoms with van der Waals surface area (Å²) in [5.74, 6) is 0.335. The Morgan fingerprint density at radius 1 is 1.19 bits per heavy atom. The van der Waals surface area contributed by atoms with Crippen LogP contribution in [0, 0.1) is 0 Å². The summed E-state index contributed by atoms with van der Waals surface area (Å²) < 4.78 is 0. The lowest BCUT2D eigenvalue weighted by Crippen LogP contribution is -2.27. The molecule has 1 aromatic carbocycles. The maximum Gasteiger partial charge on any atom is 0.120 e. The molecular weight excluding hydrogens is 202 g/mol. The Morgan fingerprint density at radius 2 is 1.94 bits per heavy atom. The van der Waals surface area contributed by atoms with E-state index in [0.29, 0.717) is 18.8 Å². The Balaban J connectivity index is 2.56. The van der Waals surface area contributed by atoms with Crippen molar-refractivity contribution in [1.82, 2.24) is 4.90 Å². The van der Waals surface area contributed by atoms with E-state index < -0.39 is 0 Å². The van der Waals surface area contributed by atoms with Crippen LogP contribution in [0.25, 0.3) is 0 Å². The molecule has 0 bridgehead atoms. The van der Waals surface area contributed by atoms with E-state index in [1.165, 1.54) is 0 Å². The molecule has 0 aromatic heterocycles. The predicted octanol–water partition coefficient (Wildman–Crippen LogP) is 1.99. The number of nitrogens with zero attached hydrogens (tertiary/aromatic N) is 1. The average molecular weight is 223 g/mol. The zero-order chi connectivity index (χ0) is 11.8. The van der Waals surface area contributed by atoms with Gasteiger partial charge in [-0.25, -0.2) is 0 Å². The van der Waals surface area contributed by atoms with Crippen molar-refractivity contribution in [2.24, 2.45) is 0 Å². The normalized spacial score (nSPS) is 10.9. The quantitative estimate of drug-likeness (QED) is 0.743. The first kappa shape index (κ1) is 13.0. The molecule has 2 N–H and O–H groups in total. The van der Waals surface area contributed by atoms with Gasteiger partial charge in [0.1, 0.15) is 5.75 Å². The van der Waals surface area contributed by atoms with Crippen LogP contribution in [-0.2, 0) is 6.54 Å². The third-order valence-electron chi connectivity index (χ3n) is 2.63. The van der Waals surface area contributed by atoms with Crippen molar-refractivity contribution >= 4 is 0 Å². The number of aliphatic hydroxyl groups excluding tert-OH is 1. The molecule has 3 nitrogen and oxygen atoms in total. The maximum atomic E-state index is 9.66. The number of unbranched alkanes of at least 4 members (excludes halogenated alkanes) is 1. The van der Waals surface area contributed by atoms with Crippen LogP contribution in [0.3, 0.4) is 0 Å². The molecule has 16 heavy (non-hydrogen) atoms. The van der Waals surface area contributed by atoms with Gasteiger partial charge in [-0.3, -0.25) is 4.90 Å². The molecule has 0 saturated heterocycles. The van der Waals surface area contributed by atoms with Crippen LogP contribution in [0.15, 0.2) is 24.3 Å². The summed E-state index contributed by atoms with van der Waals surface area (Å²) in [5, 5.41) is 18.6. The van der Waals surface area contributed by atoms with Crippen LogP contribution in [0.4, 0.5) is 0 Å². The summed E-state index contributed by atoms with van der Waals surface area (Å²) in [5.41, 5.74) is 0.923. The van der Waals surface area contributed by atoms with E-state index in [4.69, 9.17) is 5.11 Å². The van der Waals surface area contributed by atoms with E-state index in [9.17, 15) is 5.11 Å². The second-order valence-electron chi connectivity index (χ2n) is 3.98. The Hall–Kier alpha value is -1.06. The van der Waals surface area contributed by atoms with Crippen LogP contribution in [0.2, 0.25) is 0 Å². The lowest BCUT2D eigenvalue weighted by Gasteiger charge is -2.21. The van der Waals surface area contributed by atoms with Gasteiger partial charge in [0.05, 0.1) is 6.61 Å². The zero-order valence-electron chi connectivity index (χ0n) is 9.89. The average Bonchev–Trinajstić information content (AvgIpc) is 2.29. The minimum atomic E-state index is 0.164. The van der Waals surface area contributed by atoms with Gasteiger partial charge in [-0.2, -0.15) is 0 Å². The monoisotopic (exact) mass is 223 g/mol. The highest BCUT2D eigenvalue weighted by molar-refractivity contribution is 5.31. The molecule has 0 saturated carbocycles.